The van der Waals surface area contributed by atoms with Crippen LogP contribution in [0.1, 0.15) is 231 Å². The molecule has 544 valence electrons. The highest BCUT2D eigenvalue weighted by Gasteiger charge is 2.32. The number of aromatic nitrogens is 8. The first-order valence-corrected chi connectivity index (χ1v) is 39.0. The minimum Gasteiger partial charge on any atom is -0.494 e. The molecule has 0 saturated heterocycles. The number of benzene rings is 4. The van der Waals surface area contributed by atoms with Crippen molar-refractivity contribution < 1.29 is 18.9 Å². The van der Waals surface area contributed by atoms with Crippen LogP contribution in [-0.2, 0) is 21.7 Å². The molecule has 13 rings (SSSR count). The van der Waals surface area contributed by atoms with E-state index in [1.807, 2.05) is 0 Å². The van der Waals surface area contributed by atoms with Crippen molar-refractivity contribution in [2.75, 3.05) is 26.4 Å². The van der Waals surface area contributed by atoms with Gasteiger partial charge in [-0.05, 0) is 251 Å². The highest BCUT2D eigenvalue weighted by Crippen LogP contribution is 2.44. The third-order valence-electron chi connectivity index (χ3n) is 22.1. The van der Waals surface area contributed by atoms with Crippen LogP contribution in [-0.4, -0.2) is 66.3 Å². The second kappa shape index (κ2) is 31.7. The van der Waals surface area contributed by atoms with E-state index < -0.39 is 21.7 Å². The number of nitrogens with one attached hydrogen (secondary N) is 8. The van der Waals surface area contributed by atoms with Crippen molar-refractivity contribution in [2.45, 2.75) is 207 Å². The van der Waals surface area contributed by atoms with Crippen LogP contribution in [0.3, 0.4) is 0 Å². The molecule has 24 bridgehead atoms. The zero-order chi connectivity index (χ0) is 72.6. The van der Waals surface area contributed by atoms with Crippen molar-refractivity contribution in [3.63, 3.8) is 0 Å². The summed E-state index contributed by atoms with van der Waals surface area (Å²) in [6, 6.07) is 62.4. The average molecular weight is 1390 g/mol. The number of unbranched alkanes of at least 4 members (excludes halogenated alkanes) is 12. The molecule has 9 heterocycles. The maximum absolute atomic E-state index is 6.65. The smallest absolute Gasteiger partial charge is 0.120 e. The molecule has 8 N–H and O–H groups in total. The third kappa shape index (κ3) is 16.2. The summed E-state index contributed by atoms with van der Waals surface area (Å²) in [5, 5.41) is 0. The van der Waals surface area contributed by atoms with Gasteiger partial charge in [0.2, 0.25) is 0 Å². The largest absolute Gasteiger partial charge is 0.494 e. The minimum absolute atomic E-state index is 0.416. The van der Waals surface area contributed by atoms with Crippen molar-refractivity contribution in [3.05, 3.63) is 215 Å². The average Bonchev–Trinajstić information content (AvgIpc) is 1.64. The fourth-order valence-electron chi connectivity index (χ4n) is 14.9. The summed E-state index contributed by atoms with van der Waals surface area (Å²) in [7, 11) is 0. The quantitative estimate of drug-likeness (QED) is 0.0283. The Labute approximate surface area is 617 Å². The zero-order valence-electron chi connectivity index (χ0n) is 63.9. The first kappa shape index (κ1) is 72.7. The van der Waals surface area contributed by atoms with Crippen LogP contribution in [0.25, 0.3) is 90.1 Å². The van der Waals surface area contributed by atoms with Crippen molar-refractivity contribution in [1.82, 2.24) is 39.9 Å². The van der Waals surface area contributed by atoms with Gasteiger partial charge in [-0.2, -0.15) is 0 Å². The lowest BCUT2D eigenvalue weighted by molar-refractivity contribution is 0.305. The van der Waals surface area contributed by atoms with Gasteiger partial charge in [0.25, 0.3) is 0 Å². The lowest BCUT2D eigenvalue weighted by Gasteiger charge is -2.23. The van der Waals surface area contributed by atoms with Crippen LogP contribution >= 0.6 is 0 Å². The van der Waals surface area contributed by atoms with E-state index in [0.717, 1.165) is 210 Å². The molecular weight excluding hydrogens is 1280 g/mol. The van der Waals surface area contributed by atoms with Crippen LogP contribution in [0.4, 0.5) is 0 Å². The van der Waals surface area contributed by atoms with E-state index in [1.54, 1.807) is 0 Å². The molecular formula is C92H112N8O4. The number of ether oxygens (including phenoxy) is 4. The van der Waals surface area contributed by atoms with Gasteiger partial charge in [-0.25, -0.2) is 0 Å². The lowest BCUT2D eigenvalue weighted by atomic mass is 9.86. The molecule has 0 unspecified atom stereocenters. The molecule has 0 amide bonds. The molecule has 104 heavy (non-hydrogen) atoms. The highest BCUT2D eigenvalue weighted by atomic mass is 16.5. The molecule has 0 radical (unpaired) electrons. The summed E-state index contributed by atoms with van der Waals surface area (Å²) in [6.07, 6.45) is 18.1. The molecule has 0 atom stereocenters. The molecule has 12 heteroatoms. The van der Waals surface area contributed by atoms with Crippen LogP contribution in [0.5, 0.6) is 23.0 Å². The Balaban J connectivity index is 0.900. The molecule has 12 nitrogen and oxygen atoms in total. The molecule has 0 saturated carbocycles. The first-order valence-electron chi connectivity index (χ1n) is 39.0. The number of rotatable bonds is 24. The first-order chi connectivity index (χ1) is 50.3. The molecule has 0 spiro atoms. The highest BCUT2D eigenvalue weighted by molar-refractivity contribution is 5.78. The van der Waals surface area contributed by atoms with Gasteiger partial charge in [0.15, 0.2) is 0 Å². The standard InChI is InChI=1S/C92H112N8O4/c1-13-17-21-25-45-101-69-53-61-49-62(54-69)74-30-38-82(94-74)90(7,8)84-40-32-76(96-84)64-51-66(58-71(56-64)103-47-27-23-19-15-3)78-34-42-86(98-78)92(11,12)88-44-36-80(100-88)68-52-67(59-72(60-68)104-48-28-24-20-16-4)79-35-43-87(99-79)91(9,10)85-41-33-77(97-85)65-50-63(55-70(57-65)102-46-26-22-18-14-2)75-31-39-83(95-75)89(5,6)81-37-29-73(61)93-81/h29-44,49-60,93-100H,13-28,45-48H2,1-12H3. The van der Waals surface area contributed by atoms with Crippen LogP contribution in [0.2, 0.25) is 0 Å². The monoisotopic (exact) mass is 1390 g/mol. The van der Waals surface area contributed by atoms with Gasteiger partial charge in [-0.3, -0.25) is 0 Å². The number of aromatic amines is 8. The van der Waals surface area contributed by atoms with Gasteiger partial charge < -0.3 is 58.8 Å². The predicted molar refractivity (Wildman–Crippen MR) is 431 cm³/mol. The van der Waals surface area contributed by atoms with Gasteiger partial charge in [0.1, 0.15) is 23.0 Å². The summed E-state index contributed by atoms with van der Waals surface area (Å²) < 4.78 is 26.6. The second-order valence-corrected chi connectivity index (χ2v) is 31.4. The fraction of sp³-hybridized carbons (Fsp3) is 0.391. The van der Waals surface area contributed by atoms with E-state index in [2.05, 4.69) is 293 Å². The number of fused-ring (bicyclic) bond motifs is 32. The maximum Gasteiger partial charge on any atom is 0.120 e. The summed E-state index contributed by atoms with van der Waals surface area (Å²) in [5.74, 6) is 3.42. The topological polar surface area (TPSA) is 163 Å². The predicted octanol–water partition coefficient (Wildman–Crippen LogP) is 25.1. The van der Waals surface area contributed by atoms with Gasteiger partial charge in [-0.15, -0.1) is 0 Å². The molecule has 1 aliphatic heterocycles. The SMILES string of the molecule is CCCCCCOc1cc2cc(c1)-c1ccc([nH]1)C(C)(C)c1ccc([nH]1)-c1cc(OCCCCCC)cc(c1)-c1ccc([nH]1)C(C)(C)c1ccc([nH]1)-c1cc(OCCCCCC)cc(c1)-c1ccc([nH]1)C(C)(C)c1ccc([nH]1)-c1cc(OCCCCCC)cc(c1)-c1ccc([nH]1)C(C)(C)c1ccc-2[nH]1. The summed E-state index contributed by atoms with van der Waals surface area (Å²) in [6.45, 7) is 30.0. The molecule has 8 aromatic heterocycles. The van der Waals surface area contributed by atoms with E-state index in [9.17, 15) is 0 Å². The van der Waals surface area contributed by atoms with Crippen LogP contribution in [0, 0.1) is 0 Å². The molecule has 0 aliphatic carbocycles. The van der Waals surface area contributed by atoms with E-state index in [1.165, 1.54) is 51.4 Å². The minimum atomic E-state index is -0.416. The van der Waals surface area contributed by atoms with Gasteiger partial charge in [0.05, 0.1) is 26.4 Å². The Hall–Kier alpha value is -9.68. The summed E-state index contributed by atoms with van der Waals surface area (Å²) in [5.41, 5.74) is 23.8. The van der Waals surface area contributed by atoms with E-state index >= 15 is 0 Å². The Bertz CT molecular complexity index is 3950. The number of H-pyrrole nitrogens is 8. The second-order valence-electron chi connectivity index (χ2n) is 31.4. The van der Waals surface area contributed by atoms with Crippen LogP contribution in [0.15, 0.2) is 170 Å². The van der Waals surface area contributed by atoms with Crippen LogP contribution < -0.4 is 18.9 Å². The van der Waals surface area contributed by atoms with Crippen molar-refractivity contribution >= 4 is 0 Å². The third-order valence-corrected chi connectivity index (χ3v) is 22.1. The van der Waals surface area contributed by atoms with E-state index in [4.69, 9.17) is 18.9 Å². The molecule has 0 fully saturated rings. The van der Waals surface area contributed by atoms with Crippen molar-refractivity contribution in [3.8, 4) is 113 Å². The fourth-order valence-corrected chi connectivity index (χ4v) is 14.9. The van der Waals surface area contributed by atoms with E-state index in [-0.39, 0.29) is 0 Å². The Morgan fingerprint density at radius 1 is 0.202 bits per heavy atom. The van der Waals surface area contributed by atoms with Gasteiger partial charge >= 0.3 is 0 Å². The molecule has 4 aromatic carbocycles. The Morgan fingerprint density at radius 3 is 0.500 bits per heavy atom. The van der Waals surface area contributed by atoms with Gasteiger partial charge in [-0.1, -0.05) is 105 Å². The summed E-state index contributed by atoms with van der Waals surface area (Å²) >= 11 is 0. The van der Waals surface area contributed by atoms with Gasteiger partial charge in [0, 0.05) is 157 Å². The molecule has 1 aliphatic rings. The number of hydrogen-bond acceptors (Lipinski definition) is 4. The Morgan fingerprint density at radius 2 is 0.356 bits per heavy atom. The van der Waals surface area contributed by atoms with Crippen molar-refractivity contribution in [2.24, 2.45) is 0 Å². The number of hydrogen-bond donors (Lipinski definition) is 8. The maximum atomic E-state index is 6.65. The summed E-state index contributed by atoms with van der Waals surface area (Å²) in [4.78, 5) is 31.3. The Kier molecular flexibility index (Phi) is 22.2. The lowest BCUT2D eigenvalue weighted by Crippen LogP contribution is -2.20. The normalized spacial score (nSPS) is 14.3. The zero-order valence-corrected chi connectivity index (χ0v) is 63.9. The molecule has 12 aromatic rings. The van der Waals surface area contributed by atoms with E-state index in [0.29, 0.717) is 26.4 Å². The van der Waals surface area contributed by atoms with Crippen molar-refractivity contribution in [1.29, 1.82) is 0 Å².